The lowest BCUT2D eigenvalue weighted by molar-refractivity contribution is -0.148. The maximum Gasteiger partial charge on any atom is 0.358 e. The molecule has 1 atom stereocenters. The Balaban J connectivity index is 1.50. The number of likely N-dealkylation sites (tertiary alicyclic amines) is 2. The van der Waals surface area contributed by atoms with E-state index < -0.39 is 11.5 Å². The minimum absolute atomic E-state index is 0.190. The highest BCUT2D eigenvalue weighted by molar-refractivity contribution is 5.87. The first kappa shape index (κ1) is 19.5. The van der Waals surface area contributed by atoms with Crippen LogP contribution in [0.2, 0.25) is 0 Å². The zero-order valence-corrected chi connectivity index (χ0v) is 16.7. The molecule has 2 aromatic rings. The highest BCUT2D eigenvalue weighted by Crippen LogP contribution is 2.39. The van der Waals surface area contributed by atoms with Crippen molar-refractivity contribution in [1.82, 2.24) is 19.8 Å². The second kappa shape index (κ2) is 8.29. The summed E-state index contributed by atoms with van der Waals surface area (Å²) < 4.78 is 4.67. The summed E-state index contributed by atoms with van der Waals surface area (Å²) >= 11 is 0. The van der Waals surface area contributed by atoms with Gasteiger partial charge in [-0.1, -0.05) is 30.3 Å². The lowest BCUT2D eigenvalue weighted by Gasteiger charge is -2.44. The van der Waals surface area contributed by atoms with Crippen LogP contribution in [0, 0.1) is 0 Å². The molecule has 0 bridgehead atoms. The van der Waals surface area contributed by atoms with Gasteiger partial charge in [-0.05, 0) is 37.8 Å². The molecule has 1 aromatic heterocycles. The number of carbonyl (C=O) groups excluding carboxylic acids is 2. The van der Waals surface area contributed by atoms with Crippen molar-refractivity contribution in [1.29, 1.82) is 0 Å². The smallest absolute Gasteiger partial charge is 0.358 e. The van der Waals surface area contributed by atoms with Gasteiger partial charge >= 0.3 is 5.97 Å². The normalized spacial score (nSPS) is 22.2. The van der Waals surface area contributed by atoms with Crippen LogP contribution in [0.4, 0.5) is 0 Å². The van der Waals surface area contributed by atoms with Gasteiger partial charge in [0.05, 0.1) is 25.2 Å². The molecular weight excluding hydrogens is 368 g/mol. The van der Waals surface area contributed by atoms with Crippen LogP contribution in [-0.4, -0.2) is 57.4 Å². The third-order valence-corrected chi connectivity index (χ3v) is 6.00. The van der Waals surface area contributed by atoms with E-state index in [1.54, 1.807) is 6.20 Å². The minimum atomic E-state index is -0.499. The molecule has 152 valence electrons. The molecule has 0 radical (unpaired) electrons. The predicted molar refractivity (Wildman–Crippen MR) is 107 cm³/mol. The van der Waals surface area contributed by atoms with Crippen molar-refractivity contribution >= 4 is 11.9 Å². The first-order valence-electron chi connectivity index (χ1n) is 10.1. The monoisotopic (exact) mass is 394 g/mol. The van der Waals surface area contributed by atoms with E-state index in [9.17, 15) is 9.59 Å². The Morgan fingerprint density at radius 1 is 1.07 bits per heavy atom. The maximum atomic E-state index is 13.5. The lowest BCUT2D eigenvalue weighted by atomic mass is 9.85. The Kier molecular flexibility index (Phi) is 5.58. The molecule has 0 N–H and O–H groups in total. The van der Waals surface area contributed by atoms with E-state index in [1.165, 1.54) is 13.3 Å². The number of aromatic nitrogens is 2. The van der Waals surface area contributed by atoms with E-state index in [0.29, 0.717) is 13.1 Å². The SMILES string of the molecule is COC(=O)c1cnc(CN2CCCC23CCCN(Cc2ccccc2)C3=O)cn1. The summed E-state index contributed by atoms with van der Waals surface area (Å²) in [5.41, 5.74) is 1.66. The second-order valence-corrected chi connectivity index (χ2v) is 7.76. The van der Waals surface area contributed by atoms with Gasteiger partial charge in [-0.2, -0.15) is 0 Å². The van der Waals surface area contributed by atoms with E-state index in [-0.39, 0.29) is 11.6 Å². The minimum Gasteiger partial charge on any atom is -0.464 e. The van der Waals surface area contributed by atoms with E-state index in [4.69, 9.17) is 0 Å². The van der Waals surface area contributed by atoms with Crippen LogP contribution in [0.3, 0.4) is 0 Å². The molecule has 0 saturated carbocycles. The zero-order chi connectivity index (χ0) is 20.3. The van der Waals surface area contributed by atoms with Gasteiger partial charge in [-0.3, -0.25) is 14.7 Å². The maximum absolute atomic E-state index is 13.5. The second-order valence-electron chi connectivity index (χ2n) is 7.76. The van der Waals surface area contributed by atoms with Gasteiger partial charge in [-0.25, -0.2) is 9.78 Å². The number of rotatable bonds is 5. The average Bonchev–Trinajstić information content (AvgIpc) is 3.15. The summed E-state index contributed by atoms with van der Waals surface area (Å²) in [7, 11) is 1.32. The van der Waals surface area contributed by atoms with Crippen LogP contribution in [0.5, 0.6) is 0 Å². The lowest BCUT2D eigenvalue weighted by Crippen LogP contribution is -2.59. The van der Waals surface area contributed by atoms with Crippen molar-refractivity contribution in [3.8, 4) is 0 Å². The fourth-order valence-electron chi connectivity index (χ4n) is 4.55. The fourth-order valence-corrected chi connectivity index (χ4v) is 4.55. The average molecular weight is 394 g/mol. The van der Waals surface area contributed by atoms with Crippen molar-refractivity contribution < 1.29 is 14.3 Å². The number of methoxy groups -OCH3 is 1. The summed E-state index contributed by atoms with van der Waals surface area (Å²) in [6.45, 7) is 2.88. The van der Waals surface area contributed by atoms with Crippen LogP contribution in [0.1, 0.15) is 47.4 Å². The van der Waals surface area contributed by atoms with Gasteiger partial charge in [0, 0.05) is 19.6 Å². The number of carbonyl (C=O) groups is 2. The Labute approximate surface area is 170 Å². The summed E-state index contributed by atoms with van der Waals surface area (Å²) in [5.74, 6) is -0.273. The molecule has 29 heavy (non-hydrogen) atoms. The number of benzene rings is 1. The molecule has 2 saturated heterocycles. The third-order valence-electron chi connectivity index (χ3n) is 6.00. The molecule has 7 heteroatoms. The third kappa shape index (κ3) is 3.87. The molecule has 4 rings (SSSR count). The first-order chi connectivity index (χ1) is 14.1. The standard InChI is InChI=1S/C22H26N4O3/c1-29-20(27)19-14-23-18(13-24-19)16-26-12-6-10-22(26)9-5-11-25(21(22)28)15-17-7-3-2-4-8-17/h2-4,7-8,13-14H,5-6,9-12,15-16H2,1H3. The van der Waals surface area contributed by atoms with Crippen LogP contribution in [0.15, 0.2) is 42.7 Å². The number of esters is 1. The molecular formula is C22H26N4O3. The highest BCUT2D eigenvalue weighted by Gasteiger charge is 2.50. The number of hydrogen-bond donors (Lipinski definition) is 0. The van der Waals surface area contributed by atoms with Gasteiger partial charge in [0.1, 0.15) is 5.54 Å². The topological polar surface area (TPSA) is 75.6 Å². The molecule has 2 aliphatic rings. The van der Waals surface area contributed by atoms with E-state index in [0.717, 1.165) is 50.0 Å². The zero-order valence-electron chi connectivity index (χ0n) is 16.7. The number of hydrogen-bond acceptors (Lipinski definition) is 6. The van der Waals surface area contributed by atoms with Crippen molar-refractivity contribution in [3.63, 3.8) is 0 Å². The van der Waals surface area contributed by atoms with Gasteiger partial charge in [0.2, 0.25) is 5.91 Å². The Hall–Kier alpha value is -2.80. The largest absolute Gasteiger partial charge is 0.464 e. The van der Waals surface area contributed by atoms with Gasteiger partial charge in [0.25, 0.3) is 0 Å². The van der Waals surface area contributed by atoms with Crippen LogP contribution in [-0.2, 0) is 22.6 Å². The van der Waals surface area contributed by atoms with Crippen LogP contribution in [0.25, 0.3) is 0 Å². The van der Waals surface area contributed by atoms with Crippen LogP contribution < -0.4 is 0 Å². The molecule has 7 nitrogen and oxygen atoms in total. The highest BCUT2D eigenvalue weighted by atomic mass is 16.5. The first-order valence-corrected chi connectivity index (χ1v) is 10.1. The van der Waals surface area contributed by atoms with E-state index in [1.807, 2.05) is 23.1 Å². The fraction of sp³-hybridized carbons (Fsp3) is 0.455. The summed E-state index contributed by atoms with van der Waals surface area (Å²) in [5, 5.41) is 0. The predicted octanol–water partition coefficient (Wildman–Crippen LogP) is 2.42. The molecule has 1 spiro atoms. The summed E-state index contributed by atoms with van der Waals surface area (Å²) in [6, 6.07) is 10.2. The van der Waals surface area contributed by atoms with Gasteiger partial charge in [0.15, 0.2) is 5.69 Å². The molecule has 0 aliphatic carbocycles. The number of nitrogens with zero attached hydrogens (tertiary/aromatic N) is 4. The van der Waals surface area contributed by atoms with Gasteiger partial charge < -0.3 is 9.64 Å². The van der Waals surface area contributed by atoms with Crippen molar-refractivity contribution in [2.75, 3.05) is 20.2 Å². The summed E-state index contributed by atoms with van der Waals surface area (Å²) in [6.07, 6.45) is 6.80. The molecule has 1 unspecified atom stereocenters. The van der Waals surface area contributed by atoms with Crippen molar-refractivity contribution in [2.24, 2.45) is 0 Å². The molecule has 1 amide bonds. The van der Waals surface area contributed by atoms with E-state index >= 15 is 0 Å². The van der Waals surface area contributed by atoms with Gasteiger partial charge in [-0.15, -0.1) is 0 Å². The van der Waals surface area contributed by atoms with Crippen molar-refractivity contribution in [3.05, 3.63) is 59.7 Å². The number of piperidine rings is 1. The Bertz CT molecular complexity index is 871. The van der Waals surface area contributed by atoms with E-state index in [2.05, 4.69) is 31.7 Å². The molecule has 2 aliphatic heterocycles. The number of ether oxygens (including phenoxy) is 1. The quantitative estimate of drug-likeness (QED) is 0.725. The van der Waals surface area contributed by atoms with Crippen molar-refractivity contribution in [2.45, 2.75) is 44.3 Å². The molecule has 1 aromatic carbocycles. The Morgan fingerprint density at radius 2 is 1.83 bits per heavy atom. The summed E-state index contributed by atoms with van der Waals surface area (Å²) in [4.78, 5) is 37.9. The number of amides is 1. The molecule has 3 heterocycles. The Morgan fingerprint density at radius 3 is 2.52 bits per heavy atom. The van der Waals surface area contributed by atoms with Crippen LogP contribution >= 0.6 is 0 Å². The molecule has 2 fully saturated rings.